The fraction of sp³-hybridized carbons (Fsp3) is 0.688. The van der Waals surface area contributed by atoms with E-state index in [1.165, 1.54) is 25.3 Å². The summed E-state index contributed by atoms with van der Waals surface area (Å²) in [6, 6.07) is 1.50. The van der Waals surface area contributed by atoms with Gasteiger partial charge in [0.25, 0.3) is 0 Å². The normalized spacial score (nSPS) is 17.3. The number of nitrogens with one attached hydrogen (secondary N) is 1. The van der Waals surface area contributed by atoms with E-state index < -0.39 is 10.8 Å². The van der Waals surface area contributed by atoms with Gasteiger partial charge in [-0.05, 0) is 32.4 Å². The smallest absolute Gasteiger partial charge is 0.223 e. The molecule has 0 aliphatic carbocycles. The van der Waals surface area contributed by atoms with Crippen LogP contribution in [0.2, 0.25) is 0 Å². The van der Waals surface area contributed by atoms with Crippen molar-refractivity contribution in [2.24, 2.45) is 0 Å². The first-order chi connectivity index (χ1) is 10.7. The van der Waals surface area contributed by atoms with Gasteiger partial charge in [-0.3, -0.25) is 9.00 Å². The topological polar surface area (TPSA) is 62.4 Å². The molecule has 22 heavy (non-hydrogen) atoms. The predicted octanol–water partition coefficient (Wildman–Crippen LogP) is 1.90. The van der Waals surface area contributed by atoms with E-state index in [9.17, 15) is 9.00 Å². The summed E-state index contributed by atoms with van der Waals surface area (Å²) in [6.07, 6.45) is 6.25. The molecule has 1 atom stereocenters. The number of hydrogen-bond acceptors (Lipinski definition) is 4. The molecule has 1 unspecified atom stereocenters. The molecular formula is C16H26N2O3S. The van der Waals surface area contributed by atoms with E-state index in [2.05, 4.69) is 9.88 Å². The lowest BCUT2D eigenvalue weighted by atomic mass is 10.1. The van der Waals surface area contributed by atoms with Crippen molar-refractivity contribution in [2.75, 3.05) is 32.0 Å². The largest absolute Gasteiger partial charge is 0.488 e. The summed E-state index contributed by atoms with van der Waals surface area (Å²) >= 11 is 0. The highest BCUT2D eigenvalue weighted by atomic mass is 32.2. The third-order valence-corrected chi connectivity index (χ3v) is 5.07. The van der Waals surface area contributed by atoms with Crippen molar-refractivity contribution in [3.63, 3.8) is 0 Å². The van der Waals surface area contributed by atoms with Gasteiger partial charge >= 0.3 is 0 Å². The summed E-state index contributed by atoms with van der Waals surface area (Å²) in [7, 11) is -0.946. The number of nitrogens with zero attached hydrogens (tertiary/aromatic N) is 1. The van der Waals surface area contributed by atoms with Crippen LogP contribution >= 0.6 is 0 Å². The predicted molar refractivity (Wildman–Crippen MR) is 89.9 cm³/mol. The minimum Gasteiger partial charge on any atom is -0.488 e. The average Bonchev–Trinajstić information content (AvgIpc) is 2.53. The molecule has 0 radical (unpaired) electrons. The van der Waals surface area contributed by atoms with Crippen molar-refractivity contribution < 1.29 is 8.95 Å². The first kappa shape index (κ1) is 17.2. The third-order valence-electron chi connectivity index (χ3n) is 3.80. The van der Waals surface area contributed by atoms with Gasteiger partial charge in [-0.15, -0.1) is 0 Å². The molecule has 0 saturated carbocycles. The Balaban J connectivity index is 1.80. The quantitative estimate of drug-likeness (QED) is 0.792. The molecule has 0 spiro atoms. The molecule has 1 aromatic heterocycles. The molecule has 1 saturated heterocycles. The number of H-pyrrole nitrogens is 1. The molecule has 1 fully saturated rings. The van der Waals surface area contributed by atoms with Crippen molar-refractivity contribution in [3.8, 4) is 5.75 Å². The zero-order valence-corrected chi connectivity index (χ0v) is 14.1. The summed E-state index contributed by atoms with van der Waals surface area (Å²) in [5, 5.41) is 0. The van der Waals surface area contributed by atoms with Crippen LogP contribution in [0.4, 0.5) is 0 Å². The van der Waals surface area contributed by atoms with Gasteiger partial charge in [-0.1, -0.05) is 13.3 Å². The Morgan fingerprint density at radius 3 is 2.77 bits per heavy atom. The van der Waals surface area contributed by atoms with Crippen LogP contribution < -0.4 is 10.2 Å². The summed E-state index contributed by atoms with van der Waals surface area (Å²) in [4.78, 5) is 17.3. The zero-order chi connectivity index (χ0) is 15.8. The lowest BCUT2D eigenvalue weighted by Crippen LogP contribution is -2.33. The van der Waals surface area contributed by atoms with Crippen molar-refractivity contribution >= 4 is 10.8 Å². The molecular weight excluding hydrogens is 300 g/mol. The fourth-order valence-corrected chi connectivity index (χ4v) is 3.69. The SMILES string of the molecule is CCCOc1c[nH]c(CS(=O)CCN2CCCCC2)cc1=O. The molecule has 0 aromatic carbocycles. The molecule has 2 rings (SSSR count). The number of aromatic nitrogens is 1. The van der Waals surface area contributed by atoms with Crippen LogP contribution in [0.25, 0.3) is 0 Å². The second kappa shape index (κ2) is 9.10. The van der Waals surface area contributed by atoms with Gasteiger partial charge in [0.05, 0.1) is 12.4 Å². The van der Waals surface area contributed by atoms with Gasteiger partial charge in [0.1, 0.15) is 0 Å². The van der Waals surface area contributed by atoms with E-state index in [1.807, 2.05) is 6.92 Å². The van der Waals surface area contributed by atoms with Crippen molar-refractivity contribution in [1.82, 2.24) is 9.88 Å². The molecule has 2 heterocycles. The van der Waals surface area contributed by atoms with E-state index >= 15 is 0 Å². The van der Waals surface area contributed by atoms with Gasteiger partial charge in [0, 0.05) is 41.1 Å². The number of aromatic amines is 1. The molecule has 1 aliphatic heterocycles. The molecule has 1 N–H and O–H groups in total. The Kier molecular flexibility index (Phi) is 7.12. The molecule has 1 aromatic rings. The van der Waals surface area contributed by atoms with Crippen molar-refractivity contribution in [2.45, 2.75) is 38.4 Å². The number of hydrogen-bond donors (Lipinski definition) is 1. The van der Waals surface area contributed by atoms with Crippen LogP contribution in [-0.4, -0.2) is 46.1 Å². The lowest BCUT2D eigenvalue weighted by Gasteiger charge is -2.25. The van der Waals surface area contributed by atoms with E-state index in [1.54, 1.807) is 6.20 Å². The maximum Gasteiger partial charge on any atom is 0.223 e. The Bertz CT molecular complexity index is 538. The Labute approximate surface area is 134 Å². The van der Waals surface area contributed by atoms with Crippen LogP contribution in [-0.2, 0) is 16.6 Å². The van der Waals surface area contributed by atoms with Gasteiger partial charge in [-0.25, -0.2) is 0 Å². The van der Waals surface area contributed by atoms with E-state index in [0.717, 1.165) is 26.1 Å². The molecule has 0 amide bonds. The summed E-state index contributed by atoms with van der Waals surface area (Å²) in [6.45, 7) is 5.65. The first-order valence-corrected chi connectivity index (χ1v) is 9.59. The van der Waals surface area contributed by atoms with Crippen LogP contribution in [0.1, 0.15) is 38.3 Å². The molecule has 0 bridgehead atoms. The zero-order valence-electron chi connectivity index (χ0n) is 13.3. The minimum atomic E-state index is -0.946. The Hall–Kier alpha value is -1.14. The number of ether oxygens (including phenoxy) is 1. The Morgan fingerprint density at radius 1 is 1.32 bits per heavy atom. The second-order valence-electron chi connectivity index (χ2n) is 5.73. The van der Waals surface area contributed by atoms with Crippen LogP contribution in [0.3, 0.4) is 0 Å². The number of pyridine rings is 1. The highest BCUT2D eigenvalue weighted by molar-refractivity contribution is 7.84. The maximum atomic E-state index is 12.2. The summed E-state index contributed by atoms with van der Waals surface area (Å²) in [5.41, 5.74) is 0.570. The van der Waals surface area contributed by atoms with Gasteiger partial charge in [-0.2, -0.15) is 0 Å². The number of piperidine rings is 1. The van der Waals surface area contributed by atoms with Crippen molar-refractivity contribution in [1.29, 1.82) is 0 Å². The number of rotatable bonds is 8. The monoisotopic (exact) mass is 326 g/mol. The van der Waals surface area contributed by atoms with E-state index in [0.29, 0.717) is 29.6 Å². The van der Waals surface area contributed by atoms with Crippen LogP contribution in [0.5, 0.6) is 5.75 Å². The highest BCUT2D eigenvalue weighted by Gasteiger charge is 2.12. The highest BCUT2D eigenvalue weighted by Crippen LogP contribution is 2.09. The molecule has 5 nitrogen and oxygen atoms in total. The molecule has 124 valence electrons. The van der Waals surface area contributed by atoms with Crippen LogP contribution in [0.15, 0.2) is 17.1 Å². The lowest BCUT2D eigenvalue weighted by molar-refractivity contribution is 0.241. The maximum absolute atomic E-state index is 12.2. The van der Waals surface area contributed by atoms with E-state index in [-0.39, 0.29) is 5.43 Å². The second-order valence-corrected chi connectivity index (χ2v) is 7.30. The van der Waals surface area contributed by atoms with Crippen LogP contribution in [0, 0.1) is 0 Å². The summed E-state index contributed by atoms with van der Waals surface area (Å²) < 4.78 is 17.5. The van der Waals surface area contributed by atoms with Gasteiger partial charge in [0.15, 0.2) is 5.75 Å². The molecule has 1 aliphatic rings. The van der Waals surface area contributed by atoms with Gasteiger partial charge in [0.2, 0.25) is 5.43 Å². The van der Waals surface area contributed by atoms with E-state index in [4.69, 9.17) is 4.74 Å². The average molecular weight is 326 g/mol. The number of likely N-dealkylation sites (tertiary alicyclic amines) is 1. The Morgan fingerprint density at radius 2 is 2.09 bits per heavy atom. The standard InChI is InChI=1S/C16H26N2O3S/c1-2-9-21-16-12-17-14(11-15(16)19)13-22(20)10-8-18-6-4-3-5-7-18/h11-12H,2-10,13H2,1H3,(H,17,19). The van der Waals surface area contributed by atoms with Crippen molar-refractivity contribution in [3.05, 3.63) is 28.2 Å². The molecule has 6 heteroatoms. The summed E-state index contributed by atoms with van der Waals surface area (Å²) in [5.74, 6) is 1.40. The van der Waals surface area contributed by atoms with Gasteiger partial charge < -0.3 is 14.6 Å². The fourth-order valence-electron chi connectivity index (χ4n) is 2.57. The minimum absolute atomic E-state index is 0.143. The first-order valence-electron chi connectivity index (χ1n) is 8.10. The third kappa shape index (κ3) is 5.57.